The molecule has 0 radical (unpaired) electrons. The zero-order chi connectivity index (χ0) is 56.8. The molecule has 0 saturated carbocycles. The summed E-state index contributed by atoms with van der Waals surface area (Å²) in [7, 11) is 0. The van der Waals surface area contributed by atoms with Crippen molar-refractivity contribution in [2.24, 2.45) is 0 Å². The van der Waals surface area contributed by atoms with Crippen LogP contribution in [0.3, 0.4) is 0 Å². The molecule has 222 valence electrons. The van der Waals surface area contributed by atoms with Crippen molar-refractivity contribution in [3.05, 3.63) is 181 Å². The number of rotatable bonds is 3. The van der Waals surface area contributed by atoms with Crippen LogP contribution < -0.4 is 0 Å². The van der Waals surface area contributed by atoms with Crippen molar-refractivity contribution in [3.8, 4) is 33.4 Å². The zero-order valence-corrected chi connectivity index (χ0v) is 24.1. The van der Waals surface area contributed by atoms with Gasteiger partial charge in [0.25, 0.3) is 0 Å². The third-order valence-corrected chi connectivity index (χ3v) is 8.08. The standard InChI is InChI=1S/C48H30/c1-2-13-34-30-35(29-24-31(34)12-1)47-44-20-9-7-18-42(44)46(43-19-8-10-21-45(43)47)33-27-25-32(26-28-33)36-22-11-23-41-39-15-4-3-14-37(39)38-16-5-6-17-40(38)48(36)41/h1-30H/i1D,2D,3D,4D,5D,6D,7D,8D,9D,10D,11D,12D,13D,14D,16D,17D,18D,19D,20D,21D,22D,23D,24D,25D,26D,27D,28D,29D,30D. The van der Waals surface area contributed by atoms with Crippen LogP contribution in [0.15, 0.2) is 181 Å². The number of hydrogen-bond donors (Lipinski definition) is 0. The first-order valence-corrected chi connectivity index (χ1v) is 14.3. The van der Waals surface area contributed by atoms with Crippen LogP contribution in [0.5, 0.6) is 0 Å². The van der Waals surface area contributed by atoms with Gasteiger partial charge in [0.1, 0.15) is 0 Å². The van der Waals surface area contributed by atoms with Gasteiger partial charge in [-0.15, -0.1) is 0 Å². The molecular weight excluding hydrogens is 577 g/mol. The monoisotopic (exact) mass is 635 g/mol. The molecule has 0 heterocycles. The Morgan fingerprint density at radius 2 is 0.750 bits per heavy atom. The third kappa shape index (κ3) is 4.03. The van der Waals surface area contributed by atoms with Gasteiger partial charge >= 0.3 is 0 Å². The van der Waals surface area contributed by atoms with Gasteiger partial charge in [-0.25, -0.2) is 0 Å². The minimum absolute atomic E-state index is 0.271. The largest absolute Gasteiger partial charge is 0.0636 e. The average molecular weight is 636 g/mol. The van der Waals surface area contributed by atoms with E-state index in [1.165, 1.54) is 0 Å². The van der Waals surface area contributed by atoms with Gasteiger partial charge in [0, 0.05) is 0 Å². The lowest BCUT2D eigenvalue weighted by atomic mass is 9.85. The first-order chi connectivity index (χ1) is 35.9. The van der Waals surface area contributed by atoms with Crippen LogP contribution in [-0.2, 0) is 0 Å². The molecule has 0 aliphatic rings. The van der Waals surface area contributed by atoms with E-state index >= 15 is 0 Å². The highest BCUT2D eigenvalue weighted by molar-refractivity contribution is 6.28. The van der Waals surface area contributed by atoms with Crippen LogP contribution in [0.2, 0.25) is 0 Å². The molecule has 0 atom stereocenters. The summed E-state index contributed by atoms with van der Waals surface area (Å²) in [5.41, 5.74) is -4.75. The molecule has 0 heteroatoms. The molecule has 0 aliphatic heterocycles. The second-order valence-corrected chi connectivity index (χ2v) is 10.6. The van der Waals surface area contributed by atoms with E-state index in [9.17, 15) is 15.1 Å². The van der Waals surface area contributed by atoms with E-state index in [0.717, 1.165) is 6.07 Å². The molecule has 0 amide bonds. The topological polar surface area (TPSA) is 0 Å². The van der Waals surface area contributed by atoms with Crippen LogP contribution in [0.25, 0.3) is 98.0 Å². The summed E-state index contributed by atoms with van der Waals surface area (Å²) in [6.45, 7) is 0. The first-order valence-electron chi connectivity index (χ1n) is 28.8. The molecule has 0 spiro atoms. The summed E-state index contributed by atoms with van der Waals surface area (Å²) in [6, 6.07) is -25.6. The molecular formula is C48H30. The molecule has 0 fully saturated rings. The fourth-order valence-corrected chi connectivity index (χ4v) is 6.07. The number of benzene rings is 10. The quantitative estimate of drug-likeness (QED) is 0.134. The molecule has 0 N–H and O–H groups in total. The fraction of sp³-hybridized carbons (Fsp3) is 0. The van der Waals surface area contributed by atoms with E-state index in [-0.39, 0.29) is 10.8 Å². The summed E-state index contributed by atoms with van der Waals surface area (Å²) in [6.07, 6.45) is 0. The van der Waals surface area contributed by atoms with Crippen molar-refractivity contribution >= 4 is 64.6 Å². The van der Waals surface area contributed by atoms with Crippen LogP contribution >= 0.6 is 0 Å². The van der Waals surface area contributed by atoms with Gasteiger partial charge in [0.2, 0.25) is 0 Å². The Hall–Kier alpha value is -6.24. The highest BCUT2D eigenvalue weighted by atomic mass is 14.2. The van der Waals surface area contributed by atoms with Crippen molar-refractivity contribution in [2.75, 3.05) is 0 Å². The third-order valence-electron chi connectivity index (χ3n) is 8.08. The van der Waals surface area contributed by atoms with Crippen LogP contribution in [0.4, 0.5) is 0 Å². The van der Waals surface area contributed by atoms with Gasteiger partial charge in [-0.05, 0) is 104 Å². The molecule has 0 nitrogen and oxygen atoms in total. The maximum absolute atomic E-state index is 9.75. The Morgan fingerprint density at radius 1 is 0.292 bits per heavy atom. The molecule has 0 bridgehead atoms. The minimum Gasteiger partial charge on any atom is -0.0616 e. The highest BCUT2D eigenvalue weighted by Crippen LogP contribution is 2.45. The molecule has 0 unspecified atom stereocenters. The van der Waals surface area contributed by atoms with Crippen molar-refractivity contribution in [3.63, 3.8) is 0 Å². The van der Waals surface area contributed by atoms with Gasteiger partial charge in [0.05, 0.1) is 39.8 Å². The minimum atomic E-state index is -1.13. The fourth-order valence-electron chi connectivity index (χ4n) is 6.07. The summed E-state index contributed by atoms with van der Waals surface area (Å²) in [5, 5.41) is -6.78. The van der Waals surface area contributed by atoms with Crippen molar-refractivity contribution in [1.29, 1.82) is 0 Å². The summed E-state index contributed by atoms with van der Waals surface area (Å²) < 4.78 is 262. The van der Waals surface area contributed by atoms with Crippen LogP contribution in [0, 0.1) is 0 Å². The Kier molecular flexibility index (Phi) is 2.42. The Bertz CT molecular complexity index is 4430. The van der Waals surface area contributed by atoms with Crippen molar-refractivity contribution < 1.29 is 39.8 Å². The lowest BCUT2D eigenvalue weighted by Crippen LogP contribution is -1.91. The van der Waals surface area contributed by atoms with E-state index in [4.69, 9.17) is 24.7 Å². The first kappa shape index (κ1) is 10.9. The summed E-state index contributed by atoms with van der Waals surface area (Å²) in [5.74, 6) is 0. The highest BCUT2D eigenvalue weighted by Gasteiger charge is 2.18. The molecule has 10 aromatic rings. The Labute approximate surface area is 319 Å². The van der Waals surface area contributed by atoms with E-state index < -0.39 is 262 Å². The number of hydrogen-bond acceptors (Lipinski definition) is 0. The van der Waals surface area contributed by atoms with Crippen molar-refractivity contribution in [2.45, 2.75) is 0 Å². The molecule has 10 rings (SSSR count). The van der Waals surface area contributed by atoms with Crippen LogP contribution in [0.1, 0.15) is 39.8 Å². The molecule has 0 aromatic heterocycles. The van der Waals surface area contributed by atoms with Gasteiger partial charge in [0.15, 0.2) is 0 Å². The molecule has 10 aromatic carbocycles. The second-order valence-electron chi connectivity index (χ2n) is 10.6. The molecule has 48 heavy (non-hydrogen) atoms. The maximum Gasteiger partial charge on any atom is 0.0636 e. The Balaban J connectivity index is 1.48. The normalized spacial score (nSPS) is 20.2. The predicted octanol–water partition coefficient (Wildman–Crippen LogP) is 13.6. The predicted molar refractivity (Wildman–Crippen MR) is 208 cm³/mol. The maximum atomic E-state index is 9.75. The Morgan fingerprint density at radius 3 is 1.44 bits per heavy atom. The van der Waals surface area contributed by atoms with E-state index in [1.54, 1.807) is 0 Å². The van der Waals surface area contributed by atoms with Gasteiger partial charge < -0.3 is 0 Å². The van der Waals surface area contributed by atoms with Gasteiger partial charge in [-0.1, -0.05) is 175 Å². The zero-order valence-electron chi connectivity index (χ0n) is 53.1. The smallest absolute Gasteiger partial charge is 0.0616 e. The molecule has 0 aliphatic carbocycles. The van der Waals surface area contributed by atoms with Gasteiger partial charge in [-0.3, -0.25) is 0 Å². The second kappa shape index (κ2) is 10.7. The lowest BCUT2D eigenvalue weighted by Gasteiger charge is -2.18. The lowest BCUT2D eigenvalue weighted by molar-refractivity contribution is 1.64. The average Bonchev–Trinajstić information content (AvgIpc) is 3.40. The summed E-state index contributed by atoms with van der Waals surface area (Å²) >= 11 is 0. The summed E-state index contributed by atoms with van der Waals surface area (Å²) in [4.78, 5) is 0. The van der Waals surface area contributed by atoms with E-state index in [1.807, 2.05) is 0 Å². The van der Waals surface area contributed by atoms with E-state index in [2.05, 4.69) is 0 Å². The molecule has 0 saturated heterocycles. The van der Waals surface area contributed by atoms with E-state index in [0.29, 0.717) is 0 Å². The van der Waals surface area contributed by atoms with Crippen molar-refractivity contribution in [1.82, 2.24) is 0 Å². The van der Waals surface area contributed by atoms with Gasteiger partial charge in [-0.2, -0.15) is 0 Å². The number of fused-ring (bicyclic) bond motifs is 9. The van der Waals surface area contributed by atoms with Crippen LogP contribution in [-0.4, -0.2) is 0 Å². The SMILES string of the molecule is [2H]c1cc2c(c([2H])c1[2H])c1c([2H])c([2H])c([2H])c([2H])c1c1c(-c3c([2H])c([2H])c(-c4c5c([2H])c([2H])c([2H])c([2H])c5c(-c5c([2H])c([2H])c6c([2H])c([2H])c([2H])c([2H])c6c5[2H])c5c([2H])c([2H])c([2H])c([2H])c45)c([2H])c3[2H])c([2H])c([2H])c([2H])c21.